The third-order valence-electron chi connectivity index (χ3n) is 2.95. The normalized spacial score (nSPS) is 10.1. The van der Waals surface area contributed by atoms with Crippen LogP contribution in [0.2, 0.25) is 5.02 Å². The maximum Gasteiger partial charge on any atom is 0.251 e. The third-order valence-corrected chi connectivity index (χ3v) is 3.18. The number of Topliss-reactive ketones (excluding diaryl/α,β-unsaturated/α-hetero) is 1. The summed E-state index contributed by atoms with van der Waals surface area (Å²) in [6.45, 7) is 1.81. The highest BCUT2D eigenvalue weighted by atomic mass is 35.5. The number of carbonyl (C=O) groups excluding carboxylic acids is 2. The van der Waals surface area contributed by atoms with E-state index in [1.807, 2.05) is 19.1 Å². The topological polar surface area (TPSA) is 46.2 Å². The minimum atomic E-state index is -0.251. The van der Waals surface area contributed by atoms with E-state index < -0.39 is 0 Å². The summed E-state index contributed by atoms with van der Waals surface area (Å²) in [6.07, 6.45) is 0. The van der Waals surface area contributed by atoms with Crippen molar-refractivity contribution in [3.05, 3.63) is 70.2 Å². The Kier molecular flexibility index (Phi) is 4.53. The molecule has 0 atom stereocenters. The van der Waals surface area contributed by atoms with Gasteiger partial charge in [0.25, 0.3) is 5.91 Å². The molecule has 0 bridgehead atoms. The highest BCUT2D eigenvalue weighted by molar-refractivity contribution is 6.31. The Hall–Kier alpha value is -2.13. The number of aryl methyl sites for hydroxylation is 1. The molecule has 0 aromatic heterocycles. The van der Waals surface area contributed by atoms with Crippen molar-refractivity contribution < 1.29 is 9.59 Å². The summed E-state index contributed by atoms with van der Waals surface area (Å²) >= 11 is 5.83. The quantitative estimate of drug-likeness (QED) is 0.877. The Morgan fingerprint density at radius 1 is 1.10 bits per heavy atom. The van der Waals surface area contributed by atoms with E-state index in [1.165, 1.54) is 0 Å². The van der Waals surface area contributed by atoms with Gasteiger partial charge in [0, 0.05) is 16.1 Å². The standard InChI is InChI=1S/C16H14ClNO2/c1-11-5-2-3-8-14(11)16(20)18-10-15(19)12-6-4-7-13(17)9-12/h2-9H,10H2,1H3,(H,18,20). The van der Waals surface area contributed by atoms with Crippen molar-refractivity contribution in [1.29, 1.82) is 0 Å². The molecule has 102 valence electrons. The number of hydrogen-bond donors (Lipinski definition) is 1. The molecule has 4 heteroatoms. The van der Waals surface area contributed by atoms with Crippen molar-refractivity contribution in [2.24, 2.45) is 0 Å². The first kappa shape index (κ1) is 14.3. The van der Waals surface area contributed by atoms with Gasteiger partial charge in [0.05, 0.1) is 6.54 Å². The Balaban J connectivity index is 2.01. The van der Waals surface area contributed by atoms with Gasteiger partial charge in [0.15, 0.2) is 5.78 Å². The summed E-state index contributed by atoms with van der Waals surface area (Å²) in [7, 11) is 0. The van der Waals surface area contributed by atoms with Gasteiger partial charge in [-0.05, 0) is 30.7 Å². The molecule has 1 N–H and O–H groups in total. The molecule has 1 amide bonds. The van der Waals surface area contributed by atoms with E-state index in [1.54, 1.807) is 36.4 Å². The Morgan fingerprint density at radius 3 is 2.55 bits per heavy atom. The summed E-state index contributed by atoms with van der Waals surface area (Å²) in [5.41, 5.74) is 1.94. The van der Waals surface area contributed by atoms with E-state index in [-0.39, 0.29) is 18.2 Å². The van der Waals surface area contributed by atoms with E-state index in [9.17, 15) is 9.59 Å². The molecule has 3 nitrogen and oxygen atoms in total. The molecule has 2 rings (SSSR count). The van der Waals surface area contributed by atoms with Crippen LogP contribution in [0.1, 0.15) is 26.3 Å². The number of hydrogen-bond acceptors (Lipinski definition) is 2. The van der Waals surface area contributed by atoms with Crippen molar-refractivity contribution in [2.75, 3.05) is 6.54 Å². The van der Waals surface area contributed by atoms with Crippen molar-refractivity contribution in [2.45, 2.75) is 6.92 Å². The van der Waals surface area contributed by atoms with Crippen molar-refractivity contribution >= 4 is 23.3 Å². The monoisotopic (exact) mass is 287 g/mol. The molecule has 0 fully saturated rings. The summed E-state index contributed by atoms with van der Waals surface area (Å²) in [4.78, 5) is 23.9. The van der Waals surface area contributed by atoms with Gasteiger partial charge in [0.1, 0.15) is 0 Å². The first-order chi connectivity index (χ1) is 9.58. The lowest BCUT2D eigenvalue weighted by Gasteiger charge is -2.07. The molecule has 0 radical (unpaired) electrons. The minimum absolute atomic E-state index is 0.0481. The second-order valence-corrected chi connectivity index (χ2v) is 4.87. The van der Waals surface area contributed by atoms with Crippen LogP contribution in [-0.2, 0) is 0 Å². The molecule has 0 saturated carbocycles. The van der Waals surface area contributed by atoms with Crippen LogP contribution >= 0.6 is 11.6 Å². The summed E-state index contributed by atoms with van der Waals surface area (Å²) < 4.78 is 0. The van der Waals surface area contributed by atoms with Gasteiger partial charge in [-0.3, -0.25) is 9.59 Å². The van der Waals surface area contributed by atoms with E-state index in [4.69, 9.17) is 11.6 Å². The molecular weight excluding hydrogens is 274 g/mol. The van der Waals surface area contributed by atoms with Gasteiger partial charge in [-0.25, -0.2) is 0 Å². The lowest BCUT2D eigenvalue weighted by molar-refractivity contribution is 0.0903. The first-order valence-electron chi connectivity index (χ1n) is 6.20. The Bertz CT molecular complexity index is 652. The molecule has 2 aromatic rings. The van der Waals surface area contributed by atoms with E-state index in [0.717, 1.165) is 5.56 Å². The second-order valence-electron chi connectivity index (χ2n) is 4.43. The van der Waals surface area contributed by atoms with Crippen LogP contribution in [0.25, 0.3) is 0 Å². The Morgan fingerprint density at radius 2 is 1.85 bits per heavy atom. The van der Waals surface area contributed by atoms with Crippen LogP contribution in [0.5, 0.6) is 0 Å². The zero-order chi connectivity index (χ0) is 14.5. The van der Waals surface area contributed by atoms with Crippen LogP contribution in [0, 0.1) is 6.92 Å². The number of halogens is 1. The molecule has 0 spiro atoms. The average Bonchev–Trinajstić information content (AvgIpc) is 2.45. The minimum Gasteiger partial charge on any atom is -0.345 e. The number of amides is 1. The largest absolute Gasteiger partial charge is 0.345 e. The average molecular weight is 288 g/mol. The summed E-state index contributed by atoms with van der Waals surface area (Å²) in [5, 5.41) is 3.13. The van der Waals surface area contributed by atoms with Crippen LogP contribution < -0.4 is 5.32 Å². The van der Waals surface area contributed by atoms with E-state index in [2.05, 4.69) is 5.32 Å². The number of carbonyl (C=O) groups is 2. The molecule has 0 aliphatic heterocycles. The fourth-order valence-corrected chi connectivity index (χ4v) is 2.04. The smallest absolute Gasteiger partial charge is 0.251 e. The maximum atomic E-state index is 12.0. The van der Waals surface area contributed by atoms with Crippen LogP contribution in [0.15, 0.2) is 48.5 Å². The van der Waals surface area contributed by atoms with Crippen LogP contribution in [0.4, 0.5) is 0 Å². The van der Waals surface area contributed by atoms with Crippen molar-refractivity contribution in [1.82, 2.24) is 5.32 Å². The van der Waals surface area contributed by atoms with Gasteiger partial charge in [-0.1, -0.05) is 41.9 Å². The fraction of sp³-hybridized carbons (Fsp3) is 0.125. The Labute approximate surface area is 122 Å². The highest BCUT2D eigenvalue weighted by Crippen LogP contribution is 2.11. The van der Waals surface area contributed by atoms with Crippen LogP contribution in [-0.4, -0.2) is 18.2 Å². The number of rotatable bonds is 4. The zero-order valence-corrected chi connectivity index (χ0v) is 11.8. The fourth-order valence-electron chi connectivity index (χ4n) is 1.85. The SMILES string of the molecule is Cc1ccccc1C(=O)NCC(=O)c1cccc(Cl)c1. The molecule has 0 saturated heterocycles. The second kappa shape index (κ2) is 6.35. The van der Waals surface area contributed by atoms with Crippen molar-refractivity contribution in [3.63, 3.8) is 0 Å². The van der Waals surface area contributed by atoms with Gasteiger partial charge < -0.3 is 5.32 Å². The van der Waals surface area contributed by atoms with Crippen molar-refractivity contribution in [3.8, 4) is 0 Å². The zero-order valence-electron chi connectivity index (χ0n) is 11.0. The molecule has 0 heterocycles. The predicted molar refractivity (Wildman–Crippen MR) is 79.3 cm³/mol. The van der Waals surface area contributed by atoms with E-state index >= 15 is 0 Å². The molecule has 20 heavy (non-hydrogen) atoms. The van der Waals surface area contributed by atoms with Gasteiger partial charge in [-0.2, -0.15) is 0 Å². The number of benzene rings is 2. The molecular formula is C16H14ClNO2. The molecule has 2 aromatic carbocycles. The summed E-state index contributed by atoms with van der Waals surface area (Å²) in [5.74, 6) is -0.423. The van der Waals surface area contributed by atoms with Gasteiger partial charge >= 0.3 is 0 Å². The maximum absolute atomic E-state index is 12.0. The van der Waals surface area contributed by atoms with Gasteiger partial charge in [0.2, 0.25) is 0 Å². The molecule has 0 aliphatic rings. The summed E-state index contributed by atoms with van der Waals surface area (Å²) in [6, 6.07) is 13.9. The molecule has 0 unspecified atom stereocenters. The molecule has 0 aliphatic carbocycles. The van der Waals surface area contributed by atoms with Crippen LogP contribution in [0.3, 0.4) is 0 Å². The number of nitrogens with one attached hydrogen (secondary N) is 1. The van der Waals surface area contributed by atoms with Gasteiger partial charge in [-0.15, -0.1) is 0 Å². The lowest BCUT2D eigenvalue weighted by atomic mass is 10.1. The number of ketones is 1. The predicted octanol–water partition coefficient (Wildman–Crippen LogP) is 3.26. The lowest BCUT2D eigenvalue weighted by Crippen LogP contribution is -2.30. The van der Waals surface area contributed by atoms with E-state index in [0.29, 0.717) is 16.1 Å². The first-order valence-corrected chi connectivity index (χ1v) is 6.58. The third kappa shape index (κ3) is 3.45. The highest BCUT2D eigenvalue weighted by Gasteiger charge is 2.11.